The van der Waals surface area contributed by atoms with Crippen molar-refractivity contribution in [3.05, 3.63) is 11.6 Å². The van der Waals surface area contributed by atoms with Crippen molar-refractivity contribution in [3.63, 3.8) is 0 Å². The van der Waals surface area contributed by atoms with E-state index in [1.807, 2.05) is 0 Å². The summed E-state index contributed by atoms with van der Waals surface area (Å²) in [4.78, 5) is 11.2. The van der Waals surface area contributed by atoms with Gasteiger partial charge in [-0.15, -0.1) is 0 Å². The van der Waals surface area contributed by atoms with Gasteiger partial charge in [0.25, 0.3) is 0 Å². The summed E-state index contributed by atoms with van der Waals surface area (Å²) < 4.78 is 0. The van der Waals surface area contributed by atoms with Crippen molar-refractivity contribution >= 4 is 6.29 Å². The Labute approximate surface area is 92.9 Å². The van der Waals surface area contributed by atoms with Gasteiger partial charge in [-0.25, -0.2) is 0 Å². The van der Waals surface area contributed by atoms with Crippen LogP contribution in [0.1, 0.15) is 46.5 Å². The Hall–Kier alpha value is -0.630. The van der Waals surface area contributed by atoms with Gasteiger partial charge < -0.3 is 10.5 Å². The van der Waals surface area contributed by atoms with E-state index >= 15 is 0 Å². The number of nitrogens with two attached hydrogens (primary N) is 1. The quantitative estimate of drug-likeness (QED) is 0.571. The van der Waals surface area contributed by atoms with E-state index in [1.165, 1.54) is 5.57 Å². The predicted molar refractivity (Wildman–Crippen MR) is 63.6 cm³/mol. The molecule has 2 N–H and O–H groups in total. The Kier molecular flexibility index (Phi) is 3.72. The zero-order chi connectivity index (χ0) is 11.5. The van der Waals surface area contributed by atoms with Gasteiger partial charge in [0, 0.05) is 5.41 Å². The molecule has 2 heteroatoms. The average molecular weight is 209 g/mol. The fraction of sp³-hybridized carbons (Fsp3) is 0.769. The molecule has 86 valence electrons. The van der Waals surface area contributed by atoms with Crippen molar-refractivity contribution in [1.29, 1.82) is 0 Å². The molecule has 0 bridgehead atoms. The maximum absolute atomic E-state index is 11.2. The lowest BCUT2D eigenvalue weighted by Gasteiger charge is -2.39. The van der Waals surface area contributed by atoms with E-state index < -0.39 is 0 Å². The van der Waals surface area contributed by atoms with Gasteiger partial charge in [0.1, 0.15) is 6.29 Å². The van der Waals surface area contributed by atoms with Crippen molar-refractivity contribution in [2.24, 2.45) is 16.6 Å². The van der Waals surface area contributed by atoms with Gasteiger partial charge in [0.2, 0.25) is 0 Å². The van der Waals surface area contributed by atoms with Gasteiger partial charge in [-0.3, -0.25) is 0 Å². The molecule has 0 heterocycles. The topological polar surface area (TPSA) is 43.1 Å². The van der Waals surface area contributed by atoms with E-state index in [0.717, 1.165) is 32.0 Å². The van der Waals surface area contributed by atoms with Crippen molar-refractivity contribution in [2.75, 3.05) is 6.54 Å². The summed E-state index contributed by atoms with van der Waals surface area (Å²) >= 11 is 0. The van der Waals surface area contributed by atoms with Gasteiger partial charge in [0.15, 0.2) is 0 Å². The first-order chi connectivity index (χ1) is 6.99. The van der Waals surface area contributed by atoms with E-state index in [4.69, 9.17) is 5.73 Å². The number of hydrogen-bond acceptors (Lipinski definition) is 2. The standard InChI is InChI=1S/C13H23NO/c1-4-11-9-13(10-15,7-8-14)6-5-12(11,2)3/h9-10H,4-8,14H2,1-3H3. The number of aldehydes is 1. The maximum Gasteiger partial charge on any atom is 0.129 e. The zero-order valence-corrected chi connectivity index (χ0v) is 10.2. The zero-order valence-electron chi connectivity index (χ0n) is 10.2. The highest BCUT2D eigenvalue weighted by Crippen LogP contribution is 2.45. The summed E-state index contributed by atoms with van der Waals surface area (Å²) in [5.74, 6) is 0. The van der Waals surface area contributed by atoms with Gasteiger partial charge in [-0.2, -0.15) is 0 Å². The summed E-state index contributed by atoms with van der Waals surface area (Å²) in [6, 6.07) is 0. The third-order valence-electron chi connectivity index (χ3n) is 3.77. The van der Waals surface area contributed by atoms with Crippen LogP contribution in [0.5, 0.6) is 0 Å². The van der Waals surface area contributed by atoms with E-state index in [2.05, 4.69) is 26.8 Å². The fourth-order valence-electron chi connectivity index (χ4n) is 2.52. The monoisotopic (exact) mass is 209 g/mol. The molecule has 15 heavy (non-hydrogen) atoms. The fourth-order valence-corrected chi connectivity index (χ4v) is 2.52. The molecule has 0 spiro atoms. The summed E-state index contributed by atoms with van der Waals surface area (Å²) in [6.45, 7) is 7.28. The molecule has 0 aromatic rings. The van der Waals surface area contributed by atoms with Crippen molar-refractivity contribution in [1.82, 2.24) is 0 Å². The third kappa shape index (κ3) is 2.49. The second-order valence-corrected chi connectivity index (χ2v) is 5.30. The van der Waals surface area contributed by atoms with Crippen LogP contribution in [0.4, 0.5) is 0 Å². The minimum atomic E-state index is -0.268. The van der Waals surface area contributed by atoms with E-state index in [-0.39, 0.29) is 10.8 Å². The third-order valence-corrected chi connectivity index (χ3v) is 3.77. The van der Waals surface area contributed by atoms with Crippen LogP contribution in [0.2, 0.25) is 0 Å². The molecular weight excluding hydrogens is 186 g/mol. The van der Waals surface area contributed by atoms with Crippen LogP contribution in [0.15, 0.2) is 11.6 Å². The lowest BCUT2D eigenvalue weighted by Crippen LogP contribution is -2.32. The SMILES string of the molecule is CCC1=CC(C=O)(CCN)CCC1(C)C. The molecule has 1 unspecified atom stereocenters. The first-order valence-corrected chi connectivity index (χ1v) is 5.88. The van der Waals surface area contributed by atoms with E-state index in [0.29, 0.717) is 6.54 Å². The number of carbonyl (C=O) groups excluding carboxylic acids is 1. The Morgan fingerprint density at radius 2 is 2.13 bits per heavy atom. The molecule has 0 fully saturated rings. The number of rotatable bonds is 4. The van der Waals surface area contributed by atoms with Crippen molar-refractivity contribution in [3.8, 4) is 0 Å². The van der Waals surface area contributed by atoms with Crippen LogP contribution in [0, 0.1) is 10.8 Å². The average Bonchev–Trinajstić information content (AvgIpc) is 2.21. The lowest BCUT2D eigenvalue weighted by molar-refractivity contribution is -0.115. The molecule has 1 aliphatic rings. The summed E-state index contributed by atoms with van der Waals surface area (Å²) in [5, 5.41) is 0. The van der Waals surface area contributed by atoms with Gasteiger partial charge >= 0.3 is 0 Å². The molecule has 0 saturated heterocycles. The van der Waals surface area contributed by atoms with Crippen LogP contribution < -0.4 is 5.73 Å². The van der Waals surface area contributed by atoms with Crippen LogP contribution >= 0.6 is 0 Å². The Morgan fingerprint density at radius 3 is 2.60 bits per heavy atom. The van der Waals surface area contributed by atoms with Gasteiger partial charge in [0.05, 0.1) is 0 Å². The Bertz CT molecular complexity index is 268. The Balaban J connectivity index is 3.01. The van der Waals surface area contributed by atoms with Crippen LogP contribution in [0.3, 0.4) is 0 Å². The molecule has 1 atom stereocenters. The highest BCUT2D eigenvalue weighted by molar-refractivity contribution is 5.64. The summed E-state index contributed by atoms with van der Waals surface area (Å²) in [5.41, 5.74) is 6.99. The van der Waals surface area contributed by atoms with E-state index in [9.17, 15) is 4.79 Å². The number of allylic oxidation sites excluding steroid dienone is 2. The first-order valence-electron chi connectivity index (χ1n) is 5.88. The van der Waals surface area contributed by atoms with Gasteiger partial charge in [-0.1, -0.05) is 32.4 Å². The minimum absolute atomic E-state index is 0.260. The highest BCUT2D eigenvalue weighted by Gasteiger charge is 2.36. The van der Waals surface area contributed by atoms with Crippen molar-refractivity contribution < 1.29 is 4.79 Å². The number of carbonyl (C=O) groups is 1. The molecule has 0 aromatic heterocycles. The normalized spacial score (nSPS) is 29.7. The van der Waals surface area contributed by atoms with Crippen molar-refractivity contribution in [2.45, 2.75) is 46.5 Å². The molecule has 2 nitrogen and oxygen atoms in total. The van der Waals surface area contributed by atoms with Crippen LogP contribution in [-0.2, 0) is 4.79 Å². The van der Waals surface area contributed by atoms with Crippen LogP contribution in [-0.4, -0.2) is 12.8 Å². The minimum Gasteiger partial charge on any atom is -0.330 e. The van der Waals surface area contributed by atoms with Crippen LogP contribution in [0.25, 0.3) is 0 Å². The molecule has 1 aliphatic carbocycles. The second-order valence-electron chi connectivity index (χ2n) is 5.30. The molecule has 0 amide bonds. The summed E-state index contributed by atoms with van der Waals surface area (Å²) in [7, 11) is 0. The lowest BCUT2D eigenvalue weighted by atomic mass is 9.65. The first kappa shape index (κ1) is 12.4. The smallest absolute Gasteiger partial charge is 0.129 e. The second kappa shape index (κ2) is 4.48. The summed E-state index contributed by atoms with van der Waals surface area (Å²) in [6.07, 6.45) is 7.15. The molecule has 0 aromatic carbocycles. The maximum atomic E-state index is 11.2. The van der Waals surface area contributed by atoms with E-state index in [1.54, 1.807) is 0 Å². The molecule has 1 rings (SSSR count). The Morgan fingerprint density at radius 1 is 1.47 bits per heavy atom. The predicted octanol–water partition coefficient (Wildman–Crippen LogP) is 2.68. The highest BCUT2D eigenvalue weighted by atomic mass is 16.1. The largest absolute Gasteiger partial charge is 0.330 e. The number of hydrogen-bond donors (Lipinski definition) is 1. The molecule has 0 saturated carbocycles. The molecule has 0 radical (unpaired) electrons. The van der Waals surface area contributed by atoms with Gasteiger partial charge in [-0.05, 0) is 37.6 Å². The molecular formula is C13H23NO. The molecule has 0 aliphatic heterocycles.